The molecule has 2 aromatic carbocycles. The monoisotopic (exact) mass is 385 g/mol. The van der Waals surface area contributed by atoms with Crippen molar-refractivity contribution in [2.45, 2.75) is 12.5 Å². The van der Waals surface area contributed by atoms with Crippen molar-refractivity contribution in [1.29, 1.82) is 0 Å². The molecule has 2 aromatic rings. The van der Waals surface area contributed by atoms with E-state index in [0.717, 1.165) is 5.56 Å². The molecule has 1 unspecified atom stereocenters. The van der Waals surface area contributed by atoms with Crippen LogP contribution in [-0.4, -0.2) is 48.3 Å². The summed E-state index contributed by atoms with van der Waals surface area (Å²) >= 11 is 5.86. The summed E-state index contributed by atoms with van der Waals surface area (Å²) in [6, 6.07) is 15.2. The minimum atomic E-state index is -0.763. The van der Waals surface area contributed by atoms with Gasteiger partial charge in [-0.1, -0.05) is 41.9 Å². The van der Waals surface area contributed by atoms with Gasteiger partial charge in [-0.05, 0) is 29.8 Å². The van der Waals surface area contributed by atoms with E-state index in [1.165, 1.54) is 4.90 Å². The summed E-state index contributed by atoms with van der Waals surface area (Å²) in [5.41, 5.74) is 1.34. The van der Waals surface area contributed by atoms with Gasteiger partial charge < -0.3 is 15.5 Å². The molecule has 3 rings (SSSR count). The third kappa shape index (κ3) is 5.08. The average molecular weight is 386 g/mol. The highest BCUT2D eigenvalue weighted by atomic mass is 35.5. The summed E-state index contributed by atoms with van der Waals surface area (Å²) in [6.45, 7) is 0.835. The molecule has 27 heavy (non-hydrogen) atoms. The number of carbonyl (C=O) groups excluding carboxylic acids is 3. The van der Waals surface area contributed by atoms with Crippen LogP contribution in [0.4, 0.5) is 0 Å². The lowest BCUT2D eigenvalue weighted by Crippen LogP contribution is -2.56. The molecule has 0 aromatic heterocycles. The van der Waals surface area contributed by atoms with Gasteiger partial charge in [0.25, 0.3) is 5.91 Å². The fourth-order valence-corrected chi connectivity index (χ4v) is 3.07. The second-order valence-electron chi connectivity index (χ2n) is 6.33. The van der Waals surface area contributed by atoms with Gasteiger partial charge in [0.1, 0.15) is 6.04 Å². The van der Waals surface area contributed by atoms with Crippen LogP contribution >= 0.6 is 11.6 Å². The molecule has 1 atom stereocenters. The largest absolute Gasteiger partial charge is 0.353 e. The summed E-state index contributed by atoms with van der Waals surface area (Å²) < 4.78 is 0. The Labute approximate surface area is 162 Å². The van der Waals surface area contributed by atoms with Crippen LogP contribution in [0.1, 0.15) is 15.9 Å². The highest BCUT2D eigenvalue weighted by molar-refractivity contribution is 6.30. The van der Waals surface area contributed by atoms with Gasteiger partial charge in [-0.15, -0.1) is 0 Å². The smallest absolute Gasteiger partial charge is 0.251 e. The first-order chi connectivity index (χ1) is 13.0. The van der Waals surface area contributed by atoms with Gasteiger partial charge in [-0.2, -0.15) is 0 Å². The van der Waals surface area contributed by atoms with Crippen molar-refractivity contribution >= 4 is 29.3 Å². The topological polar surface area (TPSA) is 78.5 Å². The molecule has 1 saturated heterocycles. The lowest BCUT2D eigenvalue weighted by molar-refractivity contribution is -0.139. The van der Waals surface area contributed by atoms with E-state index in [9.17, 15) is 14.4 Å². The van der Waals surface area contributed by atoms with Gasteiger partial charge >= 0.3 is 0 Å². The zero-order valence-electron chi connectivity index (χ0n) is 14.7. The molecular formula is C20H20ClN3O3. The van der Waals surface area contributed by atoms with Crippen LogP contribution in [0.15, 0.2) is 54.6 Å². The highest BCUT2D eigenvalue weighted by Crippen LogP contribution is 2.12. The van der Waals surface area contributed by atoms with Crippen molar-refractivity contribution in [2.75, 3.05) is 19.6 Å². The number of hydrogen-bond donors (Lipinski definition) is 2. The maximum absolute atomic E-state index is 13.0. The maximum Gasteiger partial charge on any atom is 0.251 e. The van der Waals surface area contributed by atoms with E-state index >= 15 is 0 Å². The first-order valence-corrected chi connectivity index (χ1v) is 9.06. The maximum atomic E-state index is 13.0. The number of piperazine rings is 1. The Hall–Kier alpha value is -2.86. The molecule has 140 valence electrons. The lowest BCUT2D eigenvalue weighted by atomic mass is 10.0. The predicted octanol–water partition coefficient (Wildman–Crippen LogP) is 1.64. The highest BCUT2D eigenvalue weighted by Gasteiger charge is 2.29. The van der Waals surface area contributed by atoms with Crippen LogP contribution in [0.25, 0.3) is 0 Å². The van der Waals surface area contributed by atoms with E-state index in [0.29, 0.717) is 30.1 Å². The number of nitrogens with one attached hydrogen (secondary N) is 2. The Balaban J connectivity index is 1.78. The standard InChI is InChI=1S/C20H20ClN3O3/c21-16-8-6-15(7-9-16)19(26)23-17(12-14-4-2-1-3-5-14)20(27)24-11-10-22-18(25)13-24/h1-9,17H,10-13H2,(H,22,25)(H,23,26). The van der Waals surface area contributed by atoms with Gasteiger partial charge in [0.2, 0.25) is 11.8 Å². The first-order valence-electron chi connectivity index (χ1n) is 8.69. The van der Waals surface area contributed by atoms with Crippen LogP contribution in [-0.2, 0) is 16.0 Å². The van der Waals surface area contributed by atoms with Gasteiger partial charge in [0.05, 0.1) is 6.54 Å². The summed E-state index contributed by atoms with van der Waals surface area (Å²) in [7, 11) is 0. The number of halogens is 1. The molecule has 1 aliphatic heterocycles. The molecule has 1 aliphatic rings. The number of nitrogens with zero attached hydrogens (tertiary/aromatic N) is 1. The van der Waals surface area contributed by atoms with Crippen molar-refractivity contribution < 1.29 is 14.4 Å². The summed E-state index contributed by atoms with van der Waals surface area (Å²) in [6.07, 6.45) is 0.344. The zero-order valence-corrected chi connectivity index (χ0v) is 15.4. The van der Waals surface area contributed by atoms with Gasteiger partial charge in [-0.3, -0.25) is 14.4 Å². The molecule has 0 aliphatic carbocycles. The normalized spacial score (nSPS) is 15.0. The quantitative estimate of drug-likeness (QED) is 0.821. The SMILES string of the molecule is O=C1CN(C(=O)C(Cc2ccccc2)NC(=O)c2ccc(Cl)cc2)CCN1. The molecule has 0 spiro atoms. The zero-order chi connectivity index (χ0) is 19.2. The number of carbonyl (C=O) groups is 3. The van der Waals surface area contributed by atoms with Crippen molar-refractivity contribution in [1.82, 2.24) is 15.5 Å². The van der Waals surface area contributed by atoms with Crippen LogP contribution in [0, 0.1) is 0 Å². The molecule has 2 N–H and O–H groups in total. The van der Waals surface area contributed by atoms with Crippen LogP contribution in [0.5, 0.6) is 0 Å². The van der Waals surface area contributed by atoms with Gasteiger partial charge in [0, 0.05) is 30.1 Å². The van der Waals surface area contributed by atoms with E-state index in [4.69, 9.17) is 11.6 Å². The number of benzene rings is 2. The Kier molecular flexibility index (Phi) is 6.08. The van der Waals surface area contributed by atoms with Crippen LogP contribution in [0.2, 0.25) is 5.02 Å². The van der Waals surface area contributed by atoms with Crippen molar-refractivity contribution in [3.63, 3.8) is 0 Å². The van der Waals surface area contributed by atoms with Gasteiger partial charge in [0.15, 0.2) is 0 Å². The van der Waals surface area contributed by atoms with Crippen LogP contribution < -0.4 is 10.6 Å². The van der Waals surface area contributed by atoms with Crippen molar-refractivity contribution in [2.24, 2.45) is 0 Å². The Morgan fingerprint density at radius 1 is 1.11 bits per heavy atom. The van der Waals surface area contributed by atoms with Gasteiger partial charge in [-0.25, -0.2) is 0 Å². The van der Waals surface area contributed by atoms with E-state index in [2.05, 4.69) is 10.6 Å². The fourth-order valence-electron chi connectivity index (χ4n) is 2.94. The second kappa shape index (κ2) is 8.68. The van der Waals surface area contributed by atoms with E-state index in [1.54, 1.807) is 24.3 Å². The fraction of sp³-hybridized carbons (Fsp3) is 0.250. The minimum absolute atomic E-state index is 0.000931. The van der Waals surface area contributed by atoms with Crippen LogP contribution in [0.3, 0.4) is 0 Å². The second-order valence-corrected chi connectivity index (χ2v) is 6.77. The average Bonchev–Trinajstić information content (AvgIpc) is 2.68. The number of hydrogen-bond acceptors (Lipinski definition) is 3. The molecule has 1 heterocycles. The Morgan fingerprint density at radius 3 is 2.48 bits per heavy atom. The molecule has 0 bridgehead atoms. The molecule has 0 radical (unpaired) electrons. The molecule has 0 saturated carbocycles. The Bertz CT molecular complexity index is 824. The van der Waals surface area contributed by atoms with E-state index in [-0.39, 0.29) is 24.3 Å². The summed E-state index contributed by atoms with van der Waals surface area (Å²) in [5, 5.41) is 6.03. The predicted molar refractivity (Wildman–Crippen MR) is 102 cm³/mol. The van der Waals surface area contributed by atoms with Crippen molar-refractivity contribution in [3.8, 4) is 0 Å². The third-order valence-electron chi connectivity index (χ3n) is 4.34. The lowest BCUT2D eigenvalue weighted by Gasteiger charge is -2.30. The molecule has 7 heteroatoms. The first kappa shape index (κ1) is 18.9. The minimum Gasteiger partial charge on any atom is -0.353 e. The Morgan fingerprint density at radius 2 is 1.81 bits per heavy atom. The number of amides is 3. The molecule has 3 amide bonds. The summed E-state index contributed by atoms with van der Waals surface area (Å²) in [4.78, 5) is 38.7. The molecule has 1 fully saturated rings. The molecular weight excluding hydrogens is 366 g/mol. The van der Waals surface area contributed by atoms with Crippen molar-refractivity contribution in [3.05, 3.63) is 70.7 Å². The summed E-state index contributed by atoms with van der Waals surface area (Å²) in [5.74, 6) is -0.824. The van der Waals surface area contributed by atoms with E-state index in [1.807, 2.05) is 30.3 Å². The number of rotatable bonds is 5. The molecule has 6 nitrogen and oxygen atoms in total. The third-order valence-corrected chi connectivity index (χ3v) is 4.59. The van der Waals surface area contributed by atoms with E-state index < -0.39 is 6.04 Å².